The molecule has 0 rings (SSSR count). The molecule has 0 unspecified atom stereocenters. The van der Waals surface area contributed by atoms with Crippen molar-refractivity contribution >= 4 is 0 Å². The highest BCUT2D eigenvalue weighted by Gasteiger charge is 2.88. The quantitative estimate of drug-likeness (QED) is 0.454. The first-order valence-electron chi connectivity index (χ1n) is 4.56. The van der Waals surface area contributed by atoms with Crippen molar-refractivity contribution in [3.63, 3.8) is 0 Å². The largest absolute Gasteiger partial charge is 0.454 e. The molecule has 0 saturated heterocycles. The van der Waals surface area contributed by atoms with E-state index in [4.69, 9.17) is 0 Å². The molecule has 0 aliphatic carbocycles. The van der Waals surface area contributed by atoms with E-state index in [1.165, 1.54) is 0 Å². The molecule has 0 aromatic heterocycles. The highest BCUT2D eigenvalue weighted by molar-refractivity contribution is 5.18. The first-order chi connectivity index (χ1) is 9.21. The maximum absolute atomic E-state index is 12.8. The van der Waals surface area contributed by atoms with Crippen molar-refractivity contribution < 1.29 is 61.5 Å². The van der Waals surface area contributed by atoms with Crippen molar-refractivity contribution in [3.05, 3.63) is 12.2 Å². The standard InChI is InChI=1S/C8H2F14/c9-4(10,11)2-1-3(6(14,15)16,7(17,18)19)5(12,13)8(20,21)22/h1-2H/b2-1+. The summed E-state index contributed by atoms with van der Waals surface area (Å²) in [7, 11) is 0. The Bertz CT molecular complexity index is 398. The third-order valence-corrected chi connectivity index (χ3v) is 2.27. The number of hydrogen-bond acceptors (Lipinski definition) is 0. The smallest absolute Gasteiger partial charge is 0.195 e. The monoisotopic (exact) mass is 364 g/mol. The fourth-order valence-electron chi connectivity index (χ4n) is 1.25. The van der Waals surface area contributed by atoms with Gasteiger partial charge in [-0.1, -0.05) is 0 Å². The van der Waals surface area contributed by atoms with Crippen molar-refractivity contribution in [2.45, 2.75) is 30.6 Å². The Morgan fingerprint density at radius 1 is 0.409 bits per heavy atom. The molecule has 0 aliphatic heterocycles. The van der Waals surface area contributed by atoms with Crippen LogP contribution in [-0.4, -0.2) is 30.6 Å². The van der Waals surface area contributed by atoms with Crippen LogP contribution in [0, 0.1) is 5.41 Å². The molecule has 0 aromatic rings. The molecule has 0 nitrogen and oxygen atoms in total. The van der Waals surface area contributed by atoms with Gasteiger partial charge in [0.1, 0.15) is 0 Å². The van der Waals surface area contributed by atoms with E-state index in [1.807, 2.05) is 0 Å². The Balaban J connectivity index is 6.73. The SMILES string of the molecule is FC(F)(F)/C=C/C(C(F)(F)F)(C(F)(F)F)C(F)(F)C(F)(F)F. The molecule has 132 valence electrons. The van der Waals surface area contributed by atoms with Gasteiger partial charge in [0.15, 0.2) is 0 Å². The predicted molar refractivity (Wildman–Crippen MR) is 40.7 cm³/mol. The van der Waals surface area contributed by atoms with Crippen molar-refractivity contribution in [2.24, 2.45) is 5.41 Å². The molecule has 0 radical (unpaired) electrons. The second kappa shape index (κ2) is 5.15. The maximum Gasteiger partial charge on any atom is 0.454 e. The zero-order chi connectivity index (χ0) is 18.4. The minimum Gasteiger partial charge on any atom is -0.195 e. The van der Waals surface area contributed by atoms with Gasteiger partial charge in [0.25, 0.3) is 5.41 Å². The van der Waals surface area contributed by atoms with Crippen molar-refractivity contribution in [2.75, 3.05) is 0 Å². The first-order valence-corrected chi connectivity index (χ1v) is 4.56. The van der Waals surface area contributed by atoms with E-state index < -0.39 is 48.2 Å². The molecule has 0 aliphatic rings. The Kier molecular flexibility index (Phi) is 4.86. The molecular weight excluding hydrogens is 362 g/mol. The van der Waals surface area contributed by atoms with Gasteiger partial charge < -0.3 is 0 Å². The minimum atomic E-state index is -7.60. The number of rotatable bonds is 2. The van der Waals surface area contributed by atoms with Crippen LogP contribution in [0.1, 0.15) is 0 Å². The second-order valence-electron chi connectivity index (χ2n) is 3.75. The third-order valence-electron chi connectivity index (χ3n) is 2.27. The van der Waals surface area contributed by atoms with Gasteiger partial charge in [-0.05, 0) is 6.08 Å². The third kappa shape index (κ3) is 3.39. The van der Waals surface area contributed by atoms with Crippen LogP contribution < -0.4 is 0 Å². The molecule has 0 aromatic carbocycles. The summed E-state index contributed by atoms with van der Waals surface area (Å²) in [6.07, 6.45) is -32.5. The molecule has 0 spiro atoms. The molecular formula is C8H2F14. The average Bonchev–Trinajstić information content (AvgIpc) is 2.08. The number of alkyl halides is 14. The molecule has 0 heterocycles. The van der Waals surface area contributed by atoms with Crippen LogP contribution >= 0.6 is 0 Å². The summed E-state index contributed by atoms with van der Waals surface area (Å²) >= 11 is 0. The summed E-state index contributed by atoms with van der Waals surface area (Å²) in [5.41, 5.74) is -7.10. The predicted octanol–water partition coefficient (Wildman–Crippen LogP) is 5.41. The number of allylic oxidation sites excluding steroid dienone is 2. The van der Waals surface area contributed by atoms with E-state index in [9.17, 15) is 61.5 Å². The number of halogens is 14. The molecule has 22 heavy (non-hydrogen) atoms. The van der Waals surface area contributed by atoms with Gasteiger partial charge in [-0.15, -0.1) is 0 Å². The molecule has 0 bridgehead atoms. The van der Waals surface area contributed by atoms with Gasteiger partial charge in [0, 0.05) is 6.08 Å². The molecule has 0 saturated carbocycles. The zero-order valence-electron chi connectivity index (χ0n) is 9.45. The molecule has 0 N–H and O–H groups in total. The average molecular weight is 364 g/mol. The Morgan fingerprint density at radius 3 is 0.909 bits per heavy atom. The molecule has 0 atom stereocenters. The van der Waals surface area contributed by atoms with E-state index in [0.717, 1.165) is 0 Å². The van der Waals surface area contributed by atoms with Crippen LogP contribution in [0.3, 0.4) is 0 Å². The van der Waals surface area contributed by atoms with Crippen LogP contribution in [-0.2, 0) is 0 Å². The molecule has 14 heteroatoms. The van der Waals surface area contributed by atoms with Crippen LogP contribution in [0.4, 0.5) is 61.5 Å². The highest BCUT2D eigenvalue weighted by Crippen LogP contribution is 2.64. The fraction of sp³-hybridized carbons (Fsp3) is 0.750. The van der Waals surface area contributed by atoms with E-state index in [0.29, 0.717) is 0 Å². The van der Waals surface area contributed by atoms with Gasteiger partial charge in [0.2, 0.25) is 0 Å². The number of hydrogen-bond donors (Lipinski definition) is 0. The minimum absolute atomic E-state index is 1.98. The van der Waals surface area contributed by atoms with E-state index in [1.54, 1.807) is 0 Å². The molecule has 0 fully saturated rings. The van der Waals surface area contributed by atoms with Gasteiger partial charge in [-0.2, -0.15) is 61.5 Å². The van der Waals surface area contributed by atoms with Gasteiger partial charge >= 0.3 is 30.6 Å². The van der Waals surface area contributed by atoms with E-state index in [-0.39, 0.29) is 0 Å². The highest BCUT2D eigenvalue weighted by atomic mass is 19.4. The van der Waals surface area contributed by atoms with Crippen LogP contribution in [0.2, 0.25) is 0 Å². The molecule has 0 amide bonds. The van der Waals surface area contributed by atoms with Crippen molar-refractivity contribution in [3.8, 4) is 0 Å². The Morgan fingerprint density at radius 2 is 0.727 bits per heavy atom. The van der Waals surface area contributed by atoms with Gasteiger partial charge in [0.05, 0.1) is 0 Å². The summed E-state index contributed by atoms with van der Waals surface area (Å²) in [5, 5.41) is 0. The normalized spacial score (nSPS) is 16.5. The summed E-state index contributed by atoms with van der Waals surface area (Å²) in [4.78, 5) is 0. The van der Waals surface area contributed by atoms with Crippen LogP contribution in [0.5, 0.6) is 0 Å². The van der Waals surface area contributed by atoms with Crippen LogP contribution in [0.25, 0.3) is 0 Å². The van der Waals surface area contributed by atoms with Crippen LogP contribution in [0.15, 0.2) is 12.2 Å². The van der Waals surface area contributed by atoms with E-state index in [2.05, 4.69) is 0 Å². The lowest BCUT2D eigenvalue weighted by Crippen LogP contribution is -2.65. The summed E-state index contributed by atoms with van der Waals surface area (Å²) < 4.78 is 171. The Labute approximate surface area is 111 Å². The fourth-order valence-corrected chi connectivity index (χ4v) is 1.25. The lowest BCUT2D eigenvalue weighted by molar-refractivity contribution is -0.431. The lowest BCUT2D eigenvalue weighted by atomic mass is 9.78. The lowest BCUT2D eigenvalue weighted by Gasteiger charge is -2.41. The maximum atomic E-state index is 12.8. The van der Waals surface area contributed by atoms with Gasteiger partial charge in [-0.3, -0.25) is 0 Å². The van der Waals surface area contributed by atoms with Gasteiger partial charge in [-0.25, -0.2) is 0 Å². The summed E-state index contributed by atoms with van der Waals surface area (Å²) in [6.45, 7) is 0. The van der Waals surface area contributed by atoms with E-state index >= 15 is 0 Å². The zero-order valence-corrected chi connectivity index (χ0v) is 9.45. The first kappa shape index (κ1) is 20.8. The van der Waals surface area contributed by atoms with Crippen molar-refractivity contribution in [1.29, 1.82) is 0 Å². The topological polar surface area (TPSA) is 0 Å². The Hall–Kier alpha value is -1.24. The summed E-state index contributed by atoms with van der Waals surface area (Å²) in [6, 6.07) is 0. The second-order valence-corrected chi connectivity index (χ2v) is 3.75. The summed E-state index contributed by atoms with van der Waals surface area (Å²) in [5.74, 6) is -7.60. The van der Waals surface area contributed by atoms with Crippen molar-refractivity contribution in [1.82, 2.24) is 0 Å².